The van der Waals surface area contributed by atoms with Gasteiger partial charge < -0.3 is 10.5 Å². The first-order valence-corrected chi connectivity index (χ1v) is 8.27. The van der Waals surface area contributed by atoms with E-state index in [1.54, 1.807) is 0 Å². The second kappa shape index (κ2) is 7.79. The molecule has 0 radical (unpaired) electrons. The number of methoxy groups -OCH3 is 1. The highest BCUT2D eigenvalue weighted by Crippen LogP contribution is 2.51. The van der Waals surface area contributed by atoms with Gasteiger partial charge in [-0.25, -0.2) is 0 Å². The number of carbonyl (C=O) groups is 1. The second-order valence-electron chi connectivity index (χ2n) is 6.66. The van der Waals surface area contributed by atoms with Gasteiger partial charge in [0, 0.05) is 12.5 Å². The monoisotopic (exact) mass is 291 g/mol. The quantitative estimate of drug-likeness (QED) is 0.423. The zero-order valence-electron chi connectivity index (χ0n) is 13.3. The summed E-state index contributed by atoms with van der Waals surface area (Å²) in [5, 5.41) is 0. The van der Waals surface area contributed by atoms with Crippen molar-refractivity contribution >= 4 is 5.97 Å². The molecule has 3 heteroatoms. The molecule has 2 bridgehead atoms. The van der Waals surface area contributed by atoms with Crippen molar-refractivity contribution in [3.05, 3.63) is 24.3 Å². The van der Waals surface area contributed by atoms with Crippen LogP contribution in [0.1, 0.15) is 45.4 Å². The van der Waals surface area contributed by atoms with E-state index in [1.165, 1.54) is 13.5 Å². The highest BCUT2D eigenvalue weighted by molar-refractivity contribution is 5.69. The van der Waals surface area contributed by atoms with Gasteiger partial charge in [0.15, 0.2) is 0 Å². The highest BCUT2D eigenvalue weighted by atomic mass is 16.5. The fourth-order valence-corrected chi connectivity index (χ4v) is 3.99. The molecule has 2 N–H and O–H groups in total. The molecule has 0 amide bonds. The van der Waals surface area contributed by atoms with E-state index in [-0.39, 0.29) is 5.97 Å². The Morgan fingerprint density at radius 3 is 2.71 bits per heavy atom. The van der Waals surface area contributed by atoms with Gasteiger partial charge in [0.2, 0.25) is 0 Å². The fourth-order valence-electron chi connectivity index (χ4n) is 3.99. The van der Waals surface area contributed by atoms with Crippen LogP contribution in [-0.4, -0.2) is 19.1 Å². The van der Waals surface area contributed by atoms with Gasteiger partial charge in [-0.2, -0.15) is 0 Å². The topological polar surface area (TPSA) is 52.3 Å². The van der Waals surface area contributed by atoms with E-state index >= 15 is 0 Å². The molecule has 2 aliphatic rings. The number of fused-ring (bicyclic) bond motifs is 2. The van der Waals surface area contributed by atoms with Crippen LogP contribution in [-0.2, 0) is 9.53 Å². The molecule has 0 aromatic heterocycles. The molecular weight excluding hydrogens is 262 g/mol. The van der Waals surface area contributed by atoms with E-state index in [2.05, 4.69) is 36.0 Å². The Kier molecular flexibility index (Phi) is 6.04. The SMILES string of the molecule is COC(=O)CCC/C=C\CC1C2C=CC(C2)C1CC(C)N. The lowest BCUT2D eigenvalue weighted by Gasteiger charge is -2.28. The lowest BCUT2D eigenvalue weighted by atomic mass is 9.78. The minimum atomic E-state index is -0.112. The van der Waals surface area contributed by atoms with Crippen molar-refractivity contribution in [1.29, 1.82) is 0 Å². The van der Waals surface area contributed by atoms with Crippen molar-refractivity contribution in [1.82, 2.24) is 0 Å². The van der Waals surface area contributed by atoms with E-state index < -0.39 is 0 Å². The van der Waals surface area contributed by atoms with Crippen molar-refractivity contribution < 1.29 is 9.53 Å². The molecule has 0 aromatic rings. The Balaban J connectivity index is 1.74. The summed E-state index contributed by atoms with van der Waals surface area (Å²) in [6.07, 6.45) is 15.3. The molecule has 0 spiro atoms. The summed E-state index contributed by atoms with van der Waals surface area (Å²) < 4.78 is 4.64. The van der Waals surface area contributed by atoms with Gasteiger partial charge in [0.25, 0.3) is 0 Å². The molecule has 118 valence electrons. The number of esters is 1. The maximum atomic E-state index is 11.0. The molecule has 21 heavy (non-hydrogen) atoms. The van der Waals surface area contributed by atoms with Crippen molar-refractivity contribution in [2.75, 3.05) is 7.11 Å². The molecular formula is C18H29NO2. The summed E-state index contributed by atoms with van der Waals surface area (Å²) in [6, 6.07) is 0.300. The summed E-state index contributed by atoms with van der Waals surface area (Å²) in [7, 11) is 1.44. The van der Waals surface area contributed by atoms with Gasteiger partial charge in [-0.3, -0.25) is 4.79 Å². The number of carbonyl (C=O) groups excluding carboxylic acids is 1. The molecule has 3 nitrogen and oxygen atoms in total. The number of allylic oxidation sites excluding steroid dienone is 4. The third-order valence-corrected chi connectivity index (χ3v) is 5.00. The predicted octanol–water partition coefficient (Wildman–Crippen LogP) is 3.45. The van der Waals surface area contributed by atoms with E-state index in [0.717, 1.165) is 49.4 Å². The van der Waals surface area contributed by atoms with E-state index in [0.29, 0.717) is 12.5 Å². The molecule has 5 unspecified atom stereocenters. The number of nitrogens with two attached hydrogens (primary N) is 1. The van der Waals surface area contributed by atoms with E-state index in [9.17, 15) is 4.79 Å². The first kappa shape index (κ1) is 16.3. The van der Waals surface area contributed by atoms with Crippen molar-refractivity contribution in [2.45, 2.75) is 51.5 Å². The second-order valence-corrected chi connectivity index (χ2v) is 6.66. The smallest absolute Gasteiger partial charge is 0.305 e. The standard InChI is InChI=1S/C18H29NO2/c1-13(19)11-17-15-10-9-14(12-15)16(17)7-5-3-4-6-8-18(20)21-2/h3,5,9-10,13-17H,4,6-8,11-12,19H2,1-2H3/b5-3-. The largest absolute Gasteiger partial charge is 0.469 e. The van der Waals surface area contributed by atoms with Crippen molar-refractivity contribution in [3.8, 4) is 0 Å². The summed E-state index contributed by atoms with van der Waals surface area (Å²) in [4.78, 5) is 11.0. The maximum Gasteiger partial charge on any atom is 0.305 e. The number of unbranched alkanes of at least 4 members (excludes halogenated alkanes) is 1. The summed E-state index contributed by atoms with van der Waals surface area (Å²) in [6.45, 7) is 2.12. The van der Waals surface area contributed by atoms with Gasteiger partial charge in [-0.05, 0) is 62.7 Å². The van der Waals surface area contributed by atoms with Crippen LogP contribution in [0.2, 0.25) is 0 Å². The van der Waals surface area contributed by atoms with E-state index in [1.807, 2.05) is 0 Å². The molecule has 2 rings (SSSR count). The molecule has 1 fully saturated rings. The van der Waals surface area contributed by atoms with Crippen LogP contribution < -0.4 is 5.73 Å². The highest BCUT2D eigenvalue weighted by Gasteiger charge is 2.43. The Labute approximate surface area is 128 Å². The molecule has 2 aliphatic carbocycles. The van der Waals surface area contributed by atoms with Gasteiger partial charge in [-0.1, -0.05) is 24.3 Å². The summed E-state index contributed by atoms with van der Waals surface area (Å²) in [5.74, 6) is 2.94. The van der Waals surface area contributed by atoms with Crippen molar-refractivity contribution in [2.24, 2.45) is 29.4 Å². The number of ether oxygens (including phenoxy) is 1. The van der Waals surface area contributed by atoms with Crippen LogP contribution in [0.25, 0.3) is 0 Å². The van der Waals surface area contributed by atoms with Gasteiger partial charge in [0.1, 0.15) is 0 Å². The molecule has 5 atom stereocenters. The molecule has 0 aliphatic heterocycles. The number of rotatable bonds is 8. The molecule has 0 heterocycles. The molecule has 0 aromatic carbocycles. The predicted molar refractivity (Wildman–Crippen MR) is 85.6 cm³/mol. The average molecular weight is 291 g/mol. The van der Waals surface area contributed by atoms with E-state index in [4.69, 9.17) is 5.73 Å². The normalized spacial score (nSPS) is 32.0. The Bertz CT molecular complexity index is 400. The van der Waals surface area contributed by atoms with Crippen LogP contribution in [0.3, 0.4) is 0 Å². The van der Waals surface area contributed by atoms with Gasteiger partial charge in [-0.15, -0.1) is 0 Å². The molecule has 0 saturated heterocycles. The summed E-state index contributed by atoms with van der Waals surface area (Å²) >= 11 is 0. The third kappa shape index (κ3) is 4.44. The van der Waals surface area contributed by atoms with Gasteiger partial charge >= 0.3 is 5.97 Å². The molecule has 1 saturated carbocycles. The fraction of sp³-hybridized carbons (Fsp3) is 0.722. The first-order valence-electron chi connectivity index (χ1n) is 8.27. The first-order chi connectivity index (χ1) is 10.1. The van der Waals surface area contributed by atoms with Crippen molar-refractivity contribution in [3.63, 3.8) is 0 Å². The van der Waals surface area contributed by atoms with Gasteiger partial charge in [0.05, 0.1) is 7.11 Å². The Morgan fingerprint density at radius 2 is 2.05 bits per heavy atom. The lowest BCUT2D eigenvalue weighted by Crippen LogP contribution is -2.27. The zero-order valence-corrected chi connectivity index (χ0v) is 13.3. The van der Waals surface area contributed by atoms with Crippen LogP contribution in [0.15, 0.2) is 24.3 Å². The number of hydrogen-bond donors (Lipinski definition) is 1. The third-order valence-electron chi connectivity index (χ3n) is 5.00. The Morgan fingerprint density at radius 1 is 1.33 bits per heavy atom. The minimum absolute atomic E-state index is 0.112. The lowest BCUT2D eigenvalue weighted by molar-refractivity contribution is -0.140. The van der Waals surface area contributed by atoms with Crippen LogP contribution in [0.5, 0.6) is 0 Å². The summed E-state index contributed by atoms with van der Waals surface area (Å²) in [5.41, 5.74) is 6.02. The number of hydrogen-bond acceptors (Lipinski definition) is 3. The Hall–Kier alpha value is -1.09. The minimum Gasteiger partial charge on any atom is -0.469 e. The zero-order chi connectivity index (χ0) is 15.2. The maximum absolute atomic E-state index is 11.0. The van der Waals surface area contributed by atoms with Crippen LogP contribution in [0.4, 0.5) is 0 Å². The van der Waals surface area contributed by atoms with Crippen LogP contribution in [0, 0.1) is 23.7 Å². The van der Waals surface area contributed by atoms with Crippen LogP contribution >= 0.6 is 0 Å². The average Bonchev–Trinajstić information content (AvgIpc) is 3.04.